The van der Waals surface area contributed by atoms with E-state index in [2.05, 4.69) is 20.9 Å². The first-order chi connectivity index (χ1) is 10.7. The van der Waals surface area contributed by atoms with Crippen LogP contribution < -0.4 is 4.74 Å². The molecule has 1 aromatic carbocycles. The molecule has 1 aliphatic heterocycles. The van der Waals surface area contributed by atoms with Gasteiger partial charge >= 0.3 is 0 Å². The Labute approximate surface area is 138 Å². The maximum atomic E-state index is 12.7. The number of aromatic nitrogens is 1. The summed E-state index contributed by atoms with van der Waals surface area (Å²) in [5.74, 6) is 0.864. The summed E-state index contributed by atoms with van der Waals surface area (Å²) in [6.07, 6.45) is 5.31. The minimum absolute atomic E-state index is 0.0344. The Bertz CT molecular complexity index is 673. The van der Waals surface area contributed by atoms with E-state index in [4.69, 9.17) is 4.74 Å². The number of ether oxygens (including phenoxy) is 1. The third kappa shape index (κ3) is 2.99. The molecule has 1 unspecified atom stereocenters. The van der Waals surface area contributed by atoms with Crippen LogP contribution in [0.25, 0.3) is 0 Å². The summed E-state index contributed by atoms with van der Waals surface area (Å²) in [7, 11) is 1.65. The first kappa shape index (κ1) is 15.0. The van der Waals surface area contributed by atoms with E-state index >= 15 is 0 Å². The van der Waals surface area contributed by atoms with E-state index in [1.807, 2.05) is 35.2 Å². The van der Waals surface area contributed by atoms with Crippen molar-refractivity contribution >= 4 is 21.8 Å². The molecule has 0 bridgehead atoms. The largest absolute Gasteiger partial charge is 0.497 e. The predicted molar refractivity (Wildman–Crippen MR) is 87.9 cm³/mol. The van der Waals surface area contributed by atoms with Crippen LogP contribution in [-0.4, -0.2) is 29.4 Å². The molecule has 1 aliphatic rings. The number of halogens is 1. The van der Waals surface area contributed by atoms with Crippen molar-refractivity contribution in [1.29, 1.82) is 0 Å². The topological polar surface area (TPSA) is 42.4 Å². The maximum Gasteiger partial charge on any atom is 0.255 e. The highest BCUT2D eigenvalue weighted by Gasteiger charge is 2.30. The van der Waals surface area contributed by atoms with Crippen LogP contribution in [0.3, 0.4) is 0 Å². The molecule has 0 aliphatic carbocycles. The number of benzene rings is 1. The number of carbonyl (C=O) groups is 1. The van der Waals surface area contributed by atoms with E-state index in [0.717, 1.165) is 35.2 Å². The number of nitrogens with zero attached hydrogens (tertiary/aromatic N) is 2. The van der Waals surface area contributed by atoms with E-state index < -0.39 is 0 Å². The number of pyridine rings is 1. The molecule has 22 heavy (non-hydrogen) atoms. The molecule has 1 saturated heterocycles. The molecule has 0 radical (unpaired) electrons. The SMILES string of the molecule is COc1ccc(C2CCCN2C(=O)c2cncc(Br)c2)cc1. The smallest absolute Gasteiger partial charge is 0.255 e. The molecule has 2 aromatic rings. The summed E-state index contributed by atoms with van der Waals surface area (Å²) in [6, 6.07) is 9.90. The minimum atomic E-state index is 0.0344. The normalized spacial score (nSPS) is 17.5. The van der Waals surface area contributed by atoms with Crippen LogP contribution in [-0.2, 0) is 0 Å². The van der Waals surface area contributed by atoms with E-state index in [-0.39, 0.29) is 11.9 Å². The Kier molecular flexibility index (Phi) is 4.43. The van der Waals surface area contributed by atoms with Crippen LogP contribution in [0.4, 0.5) is 0 Å². The van der Waals surface area contributed by atoms with Gasteiger partial charge in [-0.2, -0.15) is 0 Å². The van der Waals surface area contributed by atoms with Crippen LogP contribution in [0.15, 0.2) is 47.2 Å². The third-order valence-electron chi connectivity index (χ3n) is 3.97. The summed E-state index contributed by atoms with van der Waals surface area (Å²) in [5, 5.41) is 0. The lowest BCUT2D eigenvalue weighted by atomic mass is 10.0. The second-order valence-electron chi connectivity index (χ2n) is 5.32. The van der Waals surface area contributed by atoms with Gasteiger partial charge in [-0.05, 0) is 52.5 Å². The third-order valence-corrected chi connectivity index (χ3v) is 4.40. The lowest BCUT2D eigenvalue weighted by Gasteiger charge is -2.25. The van der Waals surface area contributed by atoms with Gasteiger partial charge in [0, 0.05) is 23.4 Å². The molecule has 2 heterocycles. The van der Waals surface area contributed by atoms with Crippen molar-refractivity contribution in [2.24, 2.45) is 0 Å². The van der Waals surface area contributed by atoms with Crippen LogP contribution >= 0.6 is 15.9 Å². The summed E-state index contributed by atoms with van der Waals surface area (Å²) < 4.78 is 6.01. The lowest BCUT2D eigenvalue weighted by molar-refractivity contribution is 0.0735. The number of carbonyl (C=O) groups excluding carboxylic acids is 1. The molecule has 1 fully saturated rings. The van der Waals surface area contributed by atoms with Crippen LogP contribution in [0.2, 0.25) is 0 Å². The minimum Gasteiger partial charge on any atom is -0.497 e. The zero-order valence-corrected chi connectivity index (χ0v) is 13.9. The predicted octanol–water partition coefficient (Wildman–Crippen LogP) is 3.83. The lowest BCUT2D eigenvalue weighted by Crippen LogP contribution is -2.30. The van der Waals surface area contributed by atoms with Gasteiger partial charge in [-0.25, -0.2) is 0 Å². The number of hydrogen-bond acceptors (Lipinski definition) is 3. The van der Waals surface area contributed by atoms with Crippen molar-refractivity contribution in [3.8, 4) is 5.75 Å². The molecule has 5 heteroatoms. The maximum absolute atomic E-state index is 12.7. The summed E-state index contributed by atoms with van der Waals surface area (Å²) >= 11 is 3.37. The Hall–Kier alpha value is -1.88. The van der Waals surface area contributed by atoms with Crippen molar-refractivity contribution in [2.45, 2.75) is 18.9 Å². The van der Waals surface area contributed by atoms with E-state index in [1.165, 1.54) is 0 Å². The molecule has 0 saturated carbocycles. The molecule has 1 amide bonds. The number of methoxy groups -OCH3 is 1. The average Bonchev–Trinajstić information content (AvgIpc) is 3.04. The van der Waals surface area contributed by atoms with Gasteiger partial charge in [-0.3, -0.25) is 9.78 Å². The Morgan fingerprint density at radius 2 is 2.09 bits per heavy atom. The van der Waals surface area contributed by atoms with Gasteiger partial charge in [-0.15, -0.1) is 0 Å². The molecule has 4 nitrogen and oxygen atoms in total. The Balaban J connectivity index is 1.84. The van der Waals surface area contributed by atoms with Crippen molar-refractivity contribution in [3.05, 3.63) is 58.3 Å². The fourth-order valence-corrected chi connectivity index (χ4v) is 3.24. The van der Waals surface area contributed by atoms with Gasteiger partial charge in [0.1, 0.15) is 5.75 Å². The second kappa shape index (κ2) is 6.48. The van der Waals surface area contributed by atoms with Crippen LogP contribution in [0.1, 0.15) is 34.8 Å². The number of likely N-dealkylation sites (tertiary alicyclic amines) is 1. The Morgan fingerprint density at radius 3 is 2.77 bits per heavy atom. The van der Waals surface area contributed by atoms with Gasteiger partial charge in [0.25, 0.3) is 5.91 Å². The van der Waals surface area contributed by atoms with E-state index in [1.54, 1.807) is 19.5 Å². The monoisotopic (exact) mass is 360 g/mol. The average molecular weight is 361 g/mol. The van der Waals surface area contributed by atoms with Crippen LogP contribution in [0, 0.1) is 0 Å². The highest BCUT2D eigenvalue weighted by atomic mass is 79.9. The molecule has 0 spiro atoms. The van der Waals surface area contributed by atoms with E-state index in [9.17, 15) is 4.79 Å². The molecule has 1 atom stereocenters. The number of amides is 1. The summed E-state index contributed by atoms with van der Waals surface area (Å²) in [4.78, 5) is 18.8. The summed E-state index contributed by atoms with van der Waals surface area (Å²) in [5.41, 5.74) is 1.77. The zero-order valence-electron chi connectivity index (χ0n) is 12.3. The second-order valence-corrected chi connectivity index (χ2v) is 6.24. The highest BCUT2D eigenvalue weighted by Crippen LogP contribution is 2.34. The first-order valence-electron chi connectivity index (χ1n) is 7.24. The molecule has 114 valence electrons. The molecular formula is C17H17BrN2O2. The Morgan fingerprint density at radius 1 is 1.32 bits per heavy atom. The quantitative estimate of drug-likeness (QED) is 0.835. The number of hydrogen-bond donors (Lipinski definition) is 0. The molecule has 1 aromatic heterocycles. The van der Waals surface area contributed by atoms with Gasteiger partial charge < -0.3 is 9.64 Å². The van der Waals surface area contributed by atoms with Crippen molar-refractivity contribution in [3.63, 3.8) is 0 Å². The van der Waals surface area contributed by atoms with Crippen molar-refractivity contribution in [2.75, 3.05) is 13.7 Å². The number of rotatable bonds is 3. The van der Waals surface area contributed by atoms with Gasteiger partial charge in [-0.1, -0.05) is 12.1 Å². The van der Waals surface area contributed by atoms with E-state index in [0.29, 0.717) is 5.56 Å². The fourth-order valence-electron chi connectivity index (χ4n) is 2.88. The summed E-state index contributed by atoms with van der Waals surface area (Å²) in [6.45, 7) is 0.780. The standard InChI is InChI=1S/C17H17BrN2O2/c1-22-15-6-4-12(5-7-15)16-3-2-8-20(16)17(21)13-9-14(18)11-19-10-13/h4-7,9-11,16H,2-3,8H2,1H3. The molecule has 3 rings (SSSR count). The van der Waals surface area contributed by atoms with Gasteiger partial charge in [0.2, 0.25) is 0 Å². The highest BCUT2D eigenvalue weighted by molar-refractivity contribution is 9.10. The molecule has 0 N–H and O–H groups in total. The van der Waals surface area contributed by atoms with Gasteiger partial charge in [0.05, 0.1) is 18.7 Å². The first-order valence-corrected chi connectivity index (χ1v) is 8.04. The zero-order chi connectivity index (χ0) is 15.5. The van der Waals surface area contributed by atoms with Crippen molar-refractivity contribution < 1.29 is 9.53 Å². The molecular weight excluding hydrogens is 344 g/mol. The van der Waals surface area contributed by atoms with Crippen LogP contribution in [0.5, 0.6) is 5.75 Å². The fraction of sp³-hybridized carbons (Fsp3) is 0.294. The van der Waals surface area contributed by atoms with Gasteiger partial charge in [0.15, 0.2) is 0 Å². The van der Waals surface area contributed by atoms with Crippen molar-refractivity contribution in [1.82, 2.24) is 9.88 Å².